The van der Waals surface area contributed by atoms with E-state index in [1.165, 1.54) is 12.1 Å². The Morgan fingerprint density at radius 1 is 1.30 bits per heavy atom. The summed E-state index contributed by atoms with van der Waals surface area (Å²) in [6.07, 6.45) is 0.176. The first-order chi connectivity index (χ1) is 15.6. The van der Waals surface area contributed by atoms with Gasteiger partial charge in [-0.25, -0.2) is 4.98 Å². The molecule has 2 heterocycles. The van der Waals surface area contributed by atoms with E-state index < -0.39 is 5.60 Å². The number of aryl methyl sites for hydroxylation is 1. The minimum atomic E-state index is -0.678. The highest BCUT2D eigenvalue weighted by Crippen LogP contribution is 2.41. The number of phenols is 1. The molecule has 174 valence electrons. The van der Waals surface area contributed by atoms with Gasteiger partial charge in [0.15, 0.2) is 12.4 Å². The normalized spacial score (nSPS) is 15.8. The summed E-state index contributed by atoms with van der Waals surface area (Å²) in [5.41, 5.74) is 1.33. The Morgan fingerprint density at radius 2 is 2.03 bits per heavy atom. The highest BCUT2D eigenvalue weighted by molar-refractivity contribution is 6.03. The third-order valence-electron chi connectivity index (χ3n) is 5.76. The van der Waals surface area contributed by atoms with Gasteiger partial charge in [0.1, 0.15) is 34.2 Å². The molecule has 1 aliphatic rings. The fraction of sp³-hybridized carbons (Fsp3) is 0.400. The summed E-state index contributed by atoms with van der Waals surface area (Å²) in [6.45, 7) is 7.38. The van der Waals surface area contributed by atoms with Gasteiger partial charge in [-0.2, -0.15) is 0 Å². The number of hydrogen-bond acceptors (Lipinski definition) is 6. The summed E-state index contributed by atoms with van der Waals surface area (Å²) in [4.78, 5) is 29.8. The van der Waals surface area contributed by atoms with Crippen LogP contribution in [0.4, 0.5) is 0 Å². The summed E-state index contributed by atoms with van der Waals surface area (Å²) in [6, 6.07) is 10.4. The molecule has 0 bridgehead atoms. The Labute approximate surface area is 192 Å². The zero-order valence-electron chi connectivity index (χ0n) is 19.5. The first kappa shape index (κ1) is 22.6. The van der Waals surface area contributed by atoms with Crippen LogP contribution in [0.25, 0.3) is 11.0 Å². The van der Waals surface area contributed by atoms with E-state index in [0.717, 1.165) is 16.9 Å². The fourth-order valence-electron chi connectivity index (χ4n) is 4.16. The molecule has 1 aliphatic heterocycles. The van der Waals surface area contributed by atoms with Crippen LogP contribution in [-0.4, -0.2) is 38.6 Å². The van der Waals surface area contributed by atoms with Gasteiger partial charge in [0.05, 0.1) is 23.5 Å². The smallest absolute Gasteiger partial charge is 0.258 e. The van der Waals surface area contributed by atoms with Gasteiger partial charge in [0.25, 0.3) is 5.91 Å². The van der Waals surface area contributed by atoms with Crippen LogP contribution >= 0.6 is 0 Å². The maximum absolute atomic E-state index is 12.7. The third kappa shape index (κ3) is 4.51. The minimum absolute atomic E-state index is 0.0962. The van der Waals surface area contributed by atoms with Crippen molar-refractivity contribution in [1.29, 1.82) is 0 Å². The van der Waals surface area contributed by atoms with Crippen LogP contribution < -0.4 is 14.8 Å². The number of carbonyl (C=O) groups is 2. The molecule has 0 radical (unpaired) electrons. The van der Waals surface area contributed by atoms with Crippen LogP contribution in [0.1, 0.15) is 56.3 Å². The molecule has 0 saturated heterocycles. The topological polar surface area (TPSA) is 103 Å². The second-order valence-corrected chi connectivity index (χ2v) is 9.37. The SMILES string of the molecule is CC(C)[C@@H](NC(=O)COc1cc(O)c2c(c1)OC(C)(C)CC2=O)c1nc2ccccc2n1C. The summed E-state index contributed by atoms with van der Waals surface area (Å²) in [5, 5.41) is 13.3. The predicted molar refractivity (Wildman–Crippen MR) is 124 cm³/mol. The van der Waals surface area contributed by atoms with E-state index in [9.17, 15) is 14.7 Å². The van der Waals surface area contributed by atoms with Crippen molar-refractivity contribution >= 4 is 22.7 Å². The van der Waals surface area contributed by atoms with Crippen molar-refractivity contribution < 1.29 is 24.2 Å². The van der Waals surface area contributed by atoms with Crippen LogP contribution in [0.15, 0.2) is 36.4 Å². The summed E-state index contributed by atoms with van der Waals surface area (Å²) >= 11 is 0. The molecular formula is C25H29N3O5. The van der Waals surface area contributed by atoms with Crippen molar-refractivity contribution in [2.45, 2.75) is 45.8 Å². The van der Waals surface area contributed by atoms with E-state index in [-0.39, 0.29) is 59.5 Å². The van der Waals surface area contributed by atoms with Gasteiger partial charge in [-0.1, -0.05) is 26.0 Å². The predicted octanol–water partition coefficient (Wildman–Crippen LogP) is 3.92. The Balaban J connectivity index is 1.49. The van der Waals surface area contributed by atoms with Gasteiger partial charge in [0.2, 0.25) is 0 Å². The second-order valence-electron chi connectivity index (χ2n) is 9.37. The number of ketones is 1. The van der Waals surface area contributed by atoms with Gasteiger partial charge in [-0.05, 0) is 31.9 Å². The number of ether oxygens (including phenoxy) is 2. The summed E-state index contributed by atoms with van der Waals surface area (Å²) < 4.78 is 13.5. The maximum atomic E-state index is 12.7. The number of fused-ring (bicyclic) bond motifs is 2. The van der Waals surface area contributed by atoms with Crippen LogP contribution in [0.2, 0.25) is 0 Å². The molecule has 0 fully saturated rings. The lowest BCUT2D eigenvalue weighted by Crippen LogP contribution is -2.37. The average Bonchev–Trinajstić information content (AvgIpc) is 3.05. The first-order valence-electron chi connectivity index (χ1n) is 11.0. The zero-order chi connectivity index (χ0) is 23.9. The van der Waals surface area contributed by atoms with Crippen molar-refractivity contribution in [3.8, 4) is 17.2 Å². The number of nitrogens with zero attached hydrogens (tertiary/aromatic N) is 2. The lowest BCUT2D eigenvalue weighted by Gasteiger charge is -2.32. The third-order valence-corrected chi connectivity index (χ3v) is 5.76. The van der Waals surface area contributed by atoms with Crippen LogP contribution in [0.5, 0.6) is 17.2 Å². The van der Waals surface area contributed by atoms with E-state index in [0.29, 0.717) is 0 Å². The van der Waals surface area contributed by atoms with E-state index in [1.807, 2.05) is 49.7 Å². The summed E-state index contributed by atoms with van der Waals surface area (Å²) in [7, 11) is 1.93. The van der Waals surface area contributed by atoms with Crippen molar-refractivity contribution in [1.82, 2.24) is 14.9 Å². The van der Waals surface area contributed by atoms with Crippen molar-refractivity contribution in [2.75, 3.05) is 6.61 Å². The fourth-order valence-corrected chi connectivity index (χ4v) is 4.16. The van der Waals surface area contributed by atoms with E-state index in [2.05, 4.69) is 5.32 Å². The van der Waals surface area contributed by atoms with Crippen molar-refractivity contribution in [3.63, 3.8) is 0 Å². The molecule has 1 atom stereocenters. The molecule has 33 heavy (non-hydrogen) atoms. The lowest BCUT2D eigenvalue weighted by molar-refractivity contribution is -0.124. The molecular weight excluding hydrogens is 422 g/mol. The highest BCUT2D eigenvalue weighted by atomic mass is 16.5. The molecule has 4 rings (SSSR count). The number of phenolic OH excluding ortho intramolecular Hbond substituents is 1. The molecule has 0 spiro atoms. The van der Waals surface area contributed by atoms with E-state index in [1.54, 1.807) is 13.8 Å². The van der Waals surface area contributed by atoms with Gasteiger partial charge in [0, 0.05) is 19.2 Å². The van der Waals surface area contributed by atoms with Crippen LogP contribution in [0.3, 0.4) is 0 Å². The molecule has 1 amide bonds. The zero-order valence-corrected chi connectivity index (χ0v) is 19.5. The average molecular weight is 452 g/mol. The Bertz CT molecular complexity index is 1230. The number of benzene rings is 2. The number of aromatic nitrogens is 2. The number of Topliss-reactive ketones (excluding diaryl/α,β-unsaturated/α-hetero) is 1. The molecule has 0 aliphatic carbocycles. The van der Waals surface area contributed by atoms with Gasteiger partial charge in [-0.15, -0.1) is 0 Å². The van der Waals surface area contributed by atoms with Gasteiger partial charge >= 0.3 is 0 Å². The van der Waals surface area contributed by atoms with Gasteiger partial charge in [-0.3, -0.25) is 9.59 Å². The van der Waals surface area contributed by atoms with E-state index >= 15 is 0 Å². The number of aromatic hydroxyl groups is 1. The largest absolute Gasteiger partial charge is 0.507 e. The first-order valence-corrected chi connectivity index (χ1v) is 11.0. The summed E-state index contributed by atoms with van der Waals surface area (Å²) in [5.74, 6) is 0.630. The number of nitrogens with one attached hydrogen (secondary N) is 1. The number of imidazole rings is 1. The Kier molecular flexibility index (Phi) is 5.78. The molecule has 8 heteroatoms. The van der Waals surface area contributed by atoms with Crippen LogP contribution in [0, 0.1) is 5.92 Å². The maximum Gasteiger partial charge on any atom is 0.258 e. The monoisotopic (exact) mass is 451 g/mol. The number of carbonyl (C=O) groups excluding carboxylic acids is 2. The molecule has 3 aromatic rings. The van der Waals surface area contributed by atoms with Crippen LogP contribution in [-0.2, 0) is 11.8 Å². The van der Waals surface area contributed by atoms with Crippen molar-refractivity contribution in [3.05, 3.63) is 47.8 Å². The van der Waals surface area contributed by atoms with Gasteiger partial charge < -0.3 is 24.5 Å². The Morgan fingerprint density at radius 3 is 2.73 bits per heavy atom. The molecule has 2 N–H and O–H groups in total. The molecule has 0 saturated carbocycles. The Hall–Kier alpha value is -3.55. The molecule has 0 unspecified atom stereocenters. The molecule has 1 aromatic heterocycles. The minimum Gasteiger partial charge on any atom is -0.507 e. The highest BCUT2D eigenvalue weighted by Gasteiger charge is 2.35. The van der Waals surface area contributed by atoms with Crippen molar-refractivity contribution in [2.24, 2.45) is 13.0 Å². The molecule has 2 aromatic carbocycles. The van der Waals surface area contributed by atoms with E-state index in [4.69, 9.17) is 14.5 Å². The number of rotatable bonds is 6. The number of hydrogen-bond donors (Lipinski definition) is 2. The lowest BCUT2D eigenvalue weighted by atomic mass is 9.92. The quantitative estimate of drug-likeness (QED) is 0.589. The number of amides is 1. The standard InChI is InChI=1S/C25H29N3O5/c1-14(2)23(24-26-16-8-6-7-9-17(16)28(24)5)27-21(31)13-32-15-10-18(29)22-19(30)12-25(3,4)33-20(22)11-15/h6-11,14,23,29H,12-13H2,1-5H3,(H,27,31)/t23-/m1/s1. The molecule has 8 nitrogen and oxygen atoms in total. The second kappa shape index (κ2) is 8.42. The number of para-hydroxylation sites is 2.